The fourth-order valence-corrected chi connectivity index (χ4v) is 1.69. The largest absolute Gasteiger partial charge is 0.396 e. The number of hydrogen-bond acceptors (Lipinski definition) is 3. The van der Waals surface area contributed by atoms with Crippen LogP contribution in [0.1, 0.15) is 18.4 Å². The number of aliphatic hydroxyl groups is 1. The van der Waals surface area contributed by atoms with Crippen LogP contribution >= 0.6 is 0 Å². The molecular formula is C9H15N3O. The number of rotatable bonds is 3. The number of aryl methyl sites for hydroxylation is 2. The van der Waals surface area contributed by atoms with Crippen molar-refractivity contribution in [3.8, 4) is 0 Å². The van der Waals surface area contributed by atoms with Gasteiger partial charge in [-0.25, -0.2) is 4.68 Å². The van der Waals surface area contributed by atoms with E-state index in [0.717, 1.165) is 38.2 Å². The van der Waals surface area contributed by atoms with Crippen molar-refractivity contribution in [1.82, 2.24) is 9.78 Å². The first-order valence-corrected chi connectivity index (χ1v) is 4.81. The Morgan fingerprint density at radius 1 is 1.62 bits per heavy atom. The van der Waals surface area contributed by atoms with E-state index in [1.54, 1.807) is 0 Å². The summed E-state index contributed by atoms with van der Waals surface area (Å²) in [4.78, 5) is 0. The third kappa shape index (κ3) is 1.67. The molecule has 0 saturated carbocycles. The lowest BCUT2D eigenvalue weighted by atomic mass is 10.2. The maximum absolute atomic E-state index is 8.72. The minimum atomic E-state index is 0.255. The van der Waals surface area contributed by atoms with Gasteiger partial charge < -0.3 is 10.4 Å². The van der Waals surface area contributed by atoms with E-state index in [9.17, 15) is 0 Å². The molecule has 1 aromatic heterocycles. The van der Waals surface area contributed by atoms with Gasteiger partial charge in [0.2, 0.25) is 0 Å². The average molecular weight is 181 g/mol. The second-order valence-electron chi connectivity index (χ2n) is 3.35. The second-order valence-corrected chi connectivity index (χ2v) is 3.35. The Bertz CT molecular complexity index is 282. The molecule has 0 fully saturated rings. The van der Waals surface area contributed by atoms with E-state index in [2.05, 4.69) is 10.4 Å². The number of aliphatic hydroxyl groups excluding tert-OH is 1. The highest BCUT2D eigenvalue weighted by molar-refractivity contribution is 5.45. The normalized spacial score (nSPS) is 15.2. The molecule has 0 bridgehead atoms. The van der Waals surface area contributed by atoms with Gasteiger partial charge in [-0.2, -0.15) is 5.10 Å². The van der Waals surface area contributed by atoms with Crippen LogP contribution in [0.4, 0.5) is 5.82 Å². The maximum Gasteiger partial charge on any atom is 0.127 e. The molecule has 72 valence electrons. The molecule has 0 amide bonds. The highest BCUT2D eigenvalue weighted by Crippen LogP contribution is 2.20. The minimum Gasteiger partial charge on any atom is -0.396 e. The molecule has 2 N–H and O–H groups in total. The number of nitrogens with one attached hydrogen (secondary N) is 1. The SMILES string of the molecule is OCCCc1cnn2c1NCCC2. The quantitative estimate of drug-likeness (QED) is 0.719. The molecule has 4 heteroatoms. The Labute approximate surface area is 77.6 Å². The molecule has 1 aromatic rings. The van der Waals surface area contributed by atoms with Crippen LogP contribution in [0.3, 0.4) is 0 Å². The summed E-state index contributed by atoms with van der Waals surface area (Å²) in [5.41, 5.74) is 1.23. The summed E-state index contributed by atoms with van der Waals surface area (Å²) >= 11 is 0. The second kappa shape index (κ2) is 3.79. The van der Waals surface area contributed by atoms with Crippen molar-refractivity contribution in [2.45, 2.75) is 25.8 Å². The summed E-state index contributed by atoms with van der Waals surface area (Å²) < 4.78 is 2.01. The van der Waals surface area contributed by atoms with Gasteiger partial charge in [0.15, 0.2) is 0 Å². The third-order valence-electron chi connectivity index (χ3n) is 2.36. The van der Waals surface area contributed by atoms with E-state index < -0.39 is 0 Å². The van der Waals surface area contributed by atoms with Crippen molar-refractivity contribution in [3.05, 3.63) is 11.8 Å². The van der Waals surface area contributed by atoms with Gasteiger partial charge in [0, 0.05) is 25.3 Å². The number of aromatic nitrogens is 2. The molecule has 0 spiro atoms. The van der Waals surface area contributed by atoms with Crippen molar-refractivity contribution in [2.75, 3.05) is 18.5 Å². The lowest BCUT2D eigenvalue weighted by molar-refractivity contribution is 0.288. The smallest absolute Gasteiger partial charge is 0.127 e. The summed E-state index contributed by atoms with van der Waals surface area (Å²) in [5.74, 6) is 1.15. The molecule has 0 unspecified atom stereocenters. The molecule has 2 rings (SSSR count). The lowest BCUT2D eigenvalue weighted by Crippen LogP contribution is -2.18. The van der Waals surface area contributed by atoms with E-state index in [1.165, 1.54) is 5.56 Å². The molecule has 4 nitrogen and oxygen atoms in total. The predicted molar refractivity (Wildman–Crippen MR) is 50.7 cm³/mol. The molecule has 0 atom stereocenters. The van der Waals surface area contributed by atoms with Crippen molar-refractivity contribution in [1.29, 1.82) is 0 Å². The standard InChI is InChI=1S/C9H15N3O/c13-6-1-3-8-7-11-12-5-2-4-10-9(8)12/h7,10,13H,1-6H2. The Morgan fingerprint density at radius 2 is 2.54 bits per heavy atom. The third-order valence-corrected chi connectivity index (χ3v) is 2.36. The van der Waals surface area contributed by atoms with Crippen LogP contribution < -0.4 is 5.32 Å². The van der Waals surface area contributed by atoms with Gasteiger partial charge in [0.1, 0.15) is 5.82 Å². The van der Waals surface area contributed by atoms with Gasteiger partial charge in [-0.1, -0.05) is 0 Å². The van der Waals surface area contributed by atoms with E-state index in [-0.39, 0.29) is 6.61 Å². The van der Waals surface area contributed by atoms with Crippen LogP contribution in [0.5, 0.6) is 0 Å². The zero-order valence-electron chi connectivity index (χ0n) is 7.66. The van der Waals surface area contributed by atoms with Crippen molar-refractivity contribution < 1.29 is 5.11 Å². The van der Waals surface area contributed by atoms with Crippen LogP contribution in [0.25, 0.3) is 0 Å². The lowest BCUT2D eigenvalue weighted by Gasteiger charge is -2.16. The molecule has 0 aromatic carbocycles. The molecular weight excluding hydrogens is 166 g/mol. The van der Waals surface area contributed by atoms with Crippen molar-refractivity contribution >= 4 is 5.82 Å². The van der Waals surface area contributed by atoms with Gasteiger partial charge in [0.05, 0.1) is 6.20 Å². The number of fused-ring (bicyclic) bond motifs is 1. The fourth-order valence-electron chi connectivity index (χ4n) is 1.69. The molecule has 1 aliphatic heterocycles. The molecule has 0 aliphatic carbocycles. The van der Waals surface area contributed by atoms with E-state index in [0.29, 0.717) is 0 Å². The van der Waals surface area contributed by atoms with Crippen LogP contribution in [-0.2, 0) is 13.0 Å². The highest BCUT2D eigenvalue weighted by atomic mass is 16.2. The Balaban J connectivity index is 2.12. The summed E-state index contributed by atoms with van der Waals surface area (Å²) in [7, 11) is 0. The zero-order chi connectivity index (χ0) is 9.10. The van der Waals surface area contributed by atoms with Gasteiger partial charge in [-0.15, -0.1) is 0 Å². The van der Waals surface area contributed by atoms with Gasteiger partial charge in [-0.05, 0) is 19.3 Å². The van der Waals surface area contributed by atoms with E-state index >= 15 is 0 Å². The van der Waals surface area contributed by atoms with Gasteiger partial charge in [-0.3, -0.25) is 0 Å². The van der Waals surface area contributed by atoms with Gasteiger partial charge in [0.25, 0.3) is 0 Å². The van der Waals surface area contributed by atoms with Crippen LogP contribution in [0.15, 0.2) is 6.20 Å². The summed E-state index contributed by atoms with van der Waals surface area (Å²) in [6, 6.07) is 0. The molecule has 1 aliphatic rings. The first-order valence-electron chi connectivity index (χ1n) is 4.81. The Morgan fingerprint density at radius 3 is 3.38 bits per heavy atom. The average Bonchev–Trinajstić information content (AvgIpc) is 2.58. The summed E-state index contributed by atoms with van der Waals surface area (Å²) in [6.07, 6.45) is 4.79. The fraction of sp³-hybridized carbons (Fsp3) is 0.667. The highest BCUT2D eigenvalue weighted by Gasteiger charge is 2.12. The Hall–Kier alpha value is -1.03. The van der Waals surface area contributed by atoms with Crippen LogP contribution in [-0.4, -0.2) is 28.0 Å². The van der Waals surface area contributed by atoms with Crippen molar-refractivity contribution in [2.24, 2.45) is 0 Å². The molecule has 0 radical (unpaired) electrons. The van der Waals surface area contributed by atoms with E-state index in [1.807, 2.05) is 10.9 Å². The first kappa shape index (κ1) is 8.56. The molecule has 13 heavy (non-hydrogen) atoms. The van der Waals surface area contributed by atoms with E-state index in [4.69, 9.17) is 5.11 Å². The first-order chi connectivity index (χ1) is 6.42. The summed E-state index contributed by atoms with van der Waals surface area (Å²) in [5, 5.41) is 16.3. The minimum absolute atomic E-state index is 0.255. The predicted octanol–water partition coefficient (Wildman–Crippen LogP) is 0.624. The Kier molecular flexibility index (Phi) is 2.49. The zero-order valence-corrected chi connectivity index (χ0v) is 7.66. The number of anilines is 1. The molecule has 2 heterocycles. The van der Waals surface area contributed by atoms with Crippen LogP contribution in [0.2, 0.25) is 0 Å². The number of hydrogen-bond donors (Lipinski definition) is 2. The maximum atomic E-state index is 8.72. The topological polar surface area (TPSA) is 50.1 Å². The summed E-state index contributed by atoms with van der Waals surface area (Å²) in [6.45, 7) is 2.31. The van der Waals surface area contributed by atoms with Gasteiger partial charge >= 0.3 is 0 Å². The van der Waals surface area contributed by atoms with Crippen molar-refractivity contribution in [3.63, 3.8) is 0 Å². The monoisotopic (exact) mass is 181 g/mol. The molecule has 0 saturated heterocycles. The van der Waals surface area contributed by atoms with Crippen LogP contribution in [0, 0.1) is 0 Å². The number of nitrogens with zero attached hydrogens (tertiary/aromatic N) is 2.